The summed E-state index contributed by atoms with van der Waals surface area (Å²) in [5.74, 6) is 3.06. The quantitative estimate of drug-likeness (QED) is 0.750. The van der Waals surface area contributed by atoms with Crippen LogP contribution >= 0.6 is 11.8 Å². The molecule has 0 saturated carbocycles. The van der Waals surface area contributed by atoms with Crippen molar-refractivity contribution >= 4 is 17.7 Å². The lowest BCUT2D eigenvalue weighted by Crippen LogP contribution is -2.52. The predicted octanol–water partition coefficient (Wildman–Crippen LogP) is 1.37. The lowest BCUT2D eigenvalue weighted by molar-refractivity contribution is -0.126. The Hall–Kier alpha value is -0.220. The van der Waals surface area contributed by atoms with Crippen molar-refractivity contribution in [3.63, 3.8) is 0 Å². The van der Waals surface area contributed by atoms with Crippen LogP contribution in [0.1, 0.15) is 33.1 Å². The highest BCUT2D eigenvalue weighted by molar-refractivity contribution is 7.99. The fourth-order valence-corrected chi connectivity index (χ4v) is 3.10. The summed E-state index contributed by atoms with van der Waals surface area (Å²) in [4.78, 5) is 11.8. The van der Waals surface area contributed by atoms with Gasteiger partial charge in [0.25, 0.3) is 0 Å². The van der Waals surface area contributed by atoms with Crippen LogP contribution in [0.5, 0.6) is 0 Å². The lowest BCUT2D eigenvalue weighted by atomic mass is 9.96. The zero-order valence-corrected chi connectivity index (χ0v) is 10.5. The van der Waals surface area contributed by atoms with Crippen molar-refractivity contribution in [1.29, 1.82) is 0 Å². The third kappa shape index (κ3) is 4.03. The third-order valence-corrected chi connectivity index (χ3v) is 4.09. The van der Waals surface area contributed by atoms with Crippen molar-refractivity contribution in [3.8, 4) is 0 Å². The van der Waals surface area contributed by atoms with Crippen LogP contribution < -0.4 is 11.1 Å². The number of carbonyl (C=O) groups is 1. The monoisotopic (exact) mass is 230 g/mol. The average Bonchev–Trinajstić information content (AvgIpc) is 2.66. The molecule has 1 amide bonds. The van der Waals surface area contributed by atoms with Crippen LogP contribution in [-0.2, 0) is 4.79 Å². The van der Waals surface area contributed by atoms with Gasteiger partial charge in [0.2, 0.25) is 5.91 Å². The van der Waals surface area contributed by atoms with Gasteiger partial charge >= 0.3 is 0 Å². The minimum atomic E-state index is -0.694. The third-order valence-electron chi connectivity index (χ3n) is 2.86. The van der Waals surface area contributed by atoms with E-state index in [4.69, 9.17) is 5.73 Å². The molecule has 88 valence electrons. The maximum atomic E-state index is 11.8. The molecule has 0 aromatic heterocycles. The normalized spacial score (nSPS) is 24.9. The minimum absolute atomic E-state index is 0.00116. The number of thioether (sulfide) groups is 1. The number of hydrogen-bond acceptors (Lipinski definition) is 3. The Kier molecular flexibility index (Phi) is 4.93. The van der Waals surface area contributed by atoms with Crippen LogP contribution in [0.2, 0.25) is 0 Å². The van der Waals surface area contributed by atoms with E-state index in [0.29, 0.717) is 5.92 Å². The molecular weight excluding hydrogens is 208 g/mol. The molecule has 15 heavy (non-hydrogen) atoms. The first-order valence-corrected chi connectivity index (χ1v) is 6.86. The van der Waals surface area contributed by atoms with Crippen molar-refractivity contribution in [1.82, 2.24) is 5.32 Å². The predicted molar refractivity (Wildman–Crippen MR) is 65.9 cm³/mol. The van der Waals surface area contributed by atoms with Crippen LogP contribution in [0.3, 0.4) is 0 Å². The number of hydrogen-bond donors (Lipinski definition) is 2. The molecule has 3 N–H and O–H groups in total. The Morgan fingerprint density at radius 2 is 2.40 bits per heavy atom. The van der Waals surface area contributed by atoms with E-state index in [1.807, 2.05) is 25.6 Å². The van der Waals surface area contributed by atoms with Crippen LogP contribution in [0.25, 0.3) is 0 Å². The highest BCUT2D eigenvalue weighted by Crippen LogP contribution is 2.22. The van der Waals surface area contributed by atoms with E-state index in [9.17, 15) is 4.79 Å². The molecule has 0 aliphatic carbocycles. The molecule has 2 atom stereocenters. The molecule has 1 heterocycles. The van der Waals surface area contributed by atoms with Gasteiger partial charge in [-0.15, -0.1) is 0 Å². The van der Waals surface area contributed by atoms with Gasteiger partial charge in [-0.05, 0) is 37.2 Å². The molecule has 1 aliphatic rings. The number of nitrogens with one attached hydrogen (secondary N) is 1. The first kappa shape index (κ1) is 12.8. The topological polar surface area (TPSA) is 55.1 Å². The Morgan fingerprint density at radius 1 is 1.67 bits per heavy atom. The molecule has 1 rings (SSSR count). The highest BCUT2D eigenvalue weighted by atomic mass is 32.2. The van der Waals surface area contributed by atoms with Gasteiger partial charge in [0.05, 0.1) is 5.54 Å². The molecule has 0 aromatic rings. The molecule has 4 heteroatoms. The fourth-order valence-electron chi connectivity index (χ4n) is 1.82. The van der Waals surface area contributed by atoms with E-state index in [0.717, 1.165) is 19.4 Å². The lowest BCUT2D eigenvalue weighted by Gasteiger charge is -2.23. The number of carbonyl (C=O) groups excluding carboxylic acids is 1. The van der Waals surface area contributed by atoms with Gasteiger partial charge in [-0.25, -0.2) is 0 Å². The van der Waals surface area contributed by atoms with Gasteiger partial charge in [-0.3, -0.25) is 4.79 Å². The molecule has 1 aliphatic heterocycles. The molecule has 2 unspecified atom stereocenters. The van der Waals surface area contributed by atoms with Gasteiger partial charge in [-0.1, -0.05) is 13.3 Å². The maximum absolute atomic E-state index is 11.8. The van der Waals surface area contributed by atoms with E-state index < -0.39 is 5.54 Å². The van der Waals surface area contributed by atoms with Crippen LogP contribution in [0.15, 0.2) is 0 Å². The van der Waals surface area contributed by atoms with Crippen molar-refractivity contribution < 1.29 is 4.79 Å². The summed E-state index contributed by atoms with van der Waals surface area (Å²) in [6.07, 6.45) is 2.91. The summed E-state index contributed by atoms with van der Waals surface area (Å²) in [5, 5.41) is 2.97. The largest absolute Gasteiger partial charge is 0.354 e. The Bertz CT molecular complexity index is 213. The number of rotatable bonds is 5. The second-order valence-electron chi connectivity index (χ2n) is 4.61. The molecule has 0 radical (unpaired) electrons. The van der Waals surface area contributed by atoms with Gasteiger partial charge in [0.15, 0.2) is 0 Å². The summed E-state index contributed by atoms with van der Waals surface area (Å²) >= 11 is 1.97. The second-order valence-corrected chi connectivity index (χ2v) is 5.76. The summed E-state index contributed by atoms with van der Waals surface area (Å²) in [7, 11) is 0. The first-order valence-electron chi connectivity index (χ1n) is 5.71. The molecule has 0 aromatic carbocycles. The van der Waals surface area contributed by atoms with Gasteiger partial charge in [-0.2, -0.15) is 11.8 Å². The van der Waals surface area contributed by atoms with E-state index >= 15 is 0 Å². The molecule has 1 saturated heterocycles. The average molecular weight is 230 g/mol. The first-order chi connectivity index (χ1) is 7.06. The Labute approximate surface area is 96.6 Å². The molecule has 1 fully saturated rings. The summed E-state index contributed by atoms with van der Waals surface area (Å²) in [6.45, 7) is 4.66. The van der Waals surface area contributed by atoms with E-state index in [-0.39, 0.29) is 5.91 Å². The van der Waals surface area contributed by atoms with Crippen molar-refractivity contribution in [3.05, 3.63) is 0 Å². The van der Waals surface area contributed by atoms with Crippen LogP contribution in [0, 0.1) is 5.92 Å². The Balaban J connectivity index is 2.27. The second kappa shape index (κ2) is 5.75. The van der Waals surface area contributed by atoms with Gasteiger partial charge < -0.3 is 11.1 Å². The number of amides is 1. The van der Waals surface area contributed by atoms with Crippen LogP contribution in [0.4, 0.5) is 0 Å². The maximum Gasteiger partial charge on any atom is 0.239 e. The SMILES string of the molecule is CCCC(C)(N)C(=O)NCC1CCSC1. The van der Waals surface area contributed by atoms with Crippen molar-refractivity contribution in [2.45, 2.75) is 38.6 Å². The zero-order chi connectivity index (χ0) is 11.3. The summed E-state index contributed by atoms with van der Waals surface area (Å²) < 4.78 is 0. The summed E-state index contributed by atoms with van der Waals surface area (Å²) in [5.41, 5.74) is 5.24. The summed E-state index contributed by atoms with van der Waals surface area (Å²) in [6, 6.07) is 0. The van der Waals surface area contributed by atoms with Crippen molar-refractivity contribution in [2.75, 3.05) is 18.1 Å². The molecule has 0 bridgehead atoms. The standard InChI is InChI=1S/C11H22N2OS/c1-3-5-11(2,12)10(14)13-7-9-4-6-15-8-9/h9H,3-8,12H2,1-2H3,(H,13,14). The highest BCUT2D eigenvalue weighted by Gasteiger charge is 2.27. The van der Waals surface area contributed by atoms with E-state index in [2.05, 4.69) is 5.32 Å². The van der Waals surface area contributed by atoms with E-state index in [1.165, 1.54) is 17.9 Å². The molecule has 3 nitrogen and oxygen atoms in total. The Morgan fingerprint density at radius 3 is 2.93 bits per heavy atom. The van der Waals surface area contributed by atoms with Crippen LogP contribution in [-0.4, -0.2) is 29.5 Å². The number of nitrogens with two attached hydrogens (primary N) is 1. The fraction of sp³-hybridized carbons (Fsp3) is 0.909. The molecule has 0 spiro atoms. The zero-order valence-electron chi connectivity index (χ0n) is 9.71. The molecular formula is C11H22N2OS. The van der Waals surface area contributed by atoms with Gasteiger partial charge in [0, 0.05) is 6.54 Å². The smallest absolute Gasteiger partial charge is 0.239 e. The van der Waals surface area contributed by atoms with Gasteiger partial charge in [0.1, 0.15) is 0 Å². The van der Waals surface area contributed by atoms with E-state index in [1.54, 1.807) is 0 Å². The van der Waals surface area contributed by atoms with Crippen molar-refractivity contribution in [2.24, 2.45) is 11.7 Å². The minimum Gasteiger partial charge on any atom is -0.354 e.